The Morgan fingerprint density at radius 3 is 2.44 bits per heavy atom. The van der Waals surface area contributed by atoms with Gasteiger partial charge in [0.25, 0.3) is 11.7 Å². The highest BCUT2D eigenvalue weighted by atomic mass is 35.5. The molecule has 4 aromatic rings. The molecule has 0 radical (unpaired) electrons. The van der Waals surface area contributed by atoms with Gasteiger partial charge in [-0.15, -0.1) is 0 Å². The fourth-order valence-corrected chi connectivity index (χ4v) is 4.54. The van der Waals surface area contributed by atoms with Crippen molar-refractivity contribution in [2.75, 3.05) is 6.54 Å². The molecule has 170 valence electrons. The lowest BCUT2D eigenvalue weighted by Gasteiger charge is -2.25. The van der Waals surface area contributed by atoms with Gasteiger partial charge in [0.2, 0.25) is 0 Å². The van der Waals surface area contributed by atoms with Crippen LogP contribution in [0.3, 0.4) is 0 Å². The standard InChI is InChI=1S/C27H20ClFN2O3/c28-18-9-7-17(8-10-18)24-23(25(32)21-15-30-22-4-2-1-3-20(21)22)26(33)27(34)31(24)14-13-16-5-11-19(29)12-6-16/h1-12,15,24,30,32H,13-14H2/b25-23-. The number of aliphatic hydroxyl groups excluding tert-OH is 1. The first-order valence-electron chi connectivity index (χ1n) is 10.8. The van der Waals surface area contributed by atoms with Gasteiger partial charge in [-0.1, -0.05) is 54.1 Å². The van der Waals surface area contributed by atoms with Gasteiger partial charge in [-0.2, -0.15) is 0 Å². The minimum absolute atomic E-state index is 0.0242. The Balaban J connectivity index is 1.60. The van der Waals surface area contributed by atoms with Crippen molar-refractivity contribution in [3.63, 3.8) is 0 Å². The lowest BCUT2D eigenvalue weighted by atomic mass is 9.95. The monoisotopic (exact) mass is 474 g/mol. The molecule has 1 atom stereocenters. The van der Waals surface area contributed by atoms with Crippen LogP contribution < -0.4 is 0 Å². The zero-order valence-electron chi connectivity index (χ0n) is 18.0. The number of aliphatic hydroxyl groups is 1. The number of benzene rings is 3. The van der Waals surface area contributed by atoms with Gasteiger partial charge in [-0.25, -0.2) is 4.39 Å². The van der Waals surface area contributed by atoms with E-state index in [-0.39, 0.29) is 23.7 Å². The lowest BCUT2D eigenvalue weighted by Crippen LogP contribution is -2.31. The summed E-state index contributed by atoms with van der Waals surface area (Å²) in [7, 11) is 0. The number of rotatable bonds is 5. The molecule has 5 rings (SSSR count). The van der Waals surface area contributed by atoms with E-state index in [2.05, 4.69) is 4.98 Å². The summed E-state index contributed by atoms with van der Waals surface area (Å²) in [6, 6.07) is 19.5. The molecule has 0 bridgehead atoms. The Hall–Kier alpha value is -3.90. The van der Waals surface area contributed by atoms with Crippen molar-refractivity contribution < 1.29 is 19.1 Å². The van der Waals surface area contributed by atoms with Crippen LogP contribution in [0.2, 0.25) is 5.02 Å². The molecule has 1 unspecified atom stereocenters. The number of carbonyl (C=O) groups excluding carboxylic acids is 2. The average molecular weight is 475 g/mol. The Morgan fingerprint density at radius 2 is 1.71 bits per heavy atom. The van der Waals surface area contributed by atoms with Gasteiger partial charge < -0.3 is 15.0 Å². The molecule has 2 heterocycles. The quantitative estimate of drug-likeness (QED) is 0.224. The third kappa shape index (κ3) is 3.86. The summed E-state index contributed by atoms with van der Waals surface area (Å²) >= 11 is 6.07. The number of H-pyrrole nitrogens is 1. The van der Waals surface area contributed by atoms with E-state index in [4.69, 9.17) is 11.6 Å². The topological polar surface area (TPSA) is 73.4 Å². The maximum absolute atomic E-state index is 13.3. The lowest BCUT2D eigenvalue weighted by molar-refractivity contribution is -0.139. The number of Topliss-reactive ketones (excluding diaryl/α,β-unsaturated/α-hetero) is 1. The SMILES string of the molecule is O=C1C(=O)N(CCc2ccc(F)cc2)C(c2ccc(Cl)cc2)/C1=C(/O)c1c[nH]c2ccccc12. The van der Waals surface area contributed by atoms with Crippen molar-refractivity contribution in [2.45, 2.75) is 12.5 Å². The second kappa shape index (κ2) is 8.80. The minimum Gasteiger partial charge on any atom is -0.507 e. The molecule has 7 heteroatoms. The van der Waals surface area contributed by atoms with Crippen LogP contribution in [-0.4, -0.2) is 33.2 Å². The number of hydrogen-bond donors (Lipinski definition) is 2. The van der Waals surface area contributed by atoms with E-state index in [0.717, 1.165) is 16.5 Å². The average Bonchev–Trinajstić information content (AvgIpc) is 3.38. The number of fused-ring (bicyclic) bond motifs is 1. The first-order chi connectivity index (χ1) is 16.4. The van der Waals surface area contributed by atoms with Crippen LogP contribution in [0, 0.1) is 5.82 Å². The Kier molecular flexibility index (Phi) is 5.67. The van der Waals surface area contributed by atoms with Gasteiger partial charge in [0.05, 0.1) is 11.6 Å². The predicted molar refractivity (Wildman–Crippen MR) is 129 cm³/mol. The van der Waals surface area contributed by atoms with Crippen LogP contribution in [0.5, 0.6) is 0 Å². The number of ketones is 1. The summed E-state index contributed by atoms with van der Waals surface area (Å²) in [5.41, 5.74) is 2.76. The van der Waals surface area contributed by atoms with Crippen molar-refractivity contribution in [2.24, 2.45) is 0 Å². The van der Waals surface area contributed by atoms with E-state index in [0.29, 0.717) is 22.6 Å². The summed E-state index contributed by atoms with van der Waals surface area (Å²) in [5.74, 6) is -2.02. The number of halogens is 2. The molecule has 1 aliphatic rings. The van der Waals surface area contributed by atoms with Crippen LogP contribution in [0.4, 0.5) is 4.39 Å². The van der Waals surface area contributed by atoms with Crippen molar-refractivity contribution in [1.82, 2.24) is 9.88 Å². The van der Waals surface area contributed by atoms with Gasteiger partial charge in [0.15, 0.2) is 0 Å². The molecule has 0 spiro atoms. The second-order valence-electron chi connectivity index (χ2n) is 8.17. The van der Waals surface area contributed by atoms with Gasteiger partial charge >= 0.3 is 0 Å². The van der Waals surface area contributed by atoms with E-state index < -0.39 is 17.7 Å². The van der Waals surface area contributed by atoms with Crippen LogP contribution in [-0.2, 0) is 16.0 Å². The number of carbonyl (C=O) groups is 2. The number of para-hydroxylation sites is 1. The van der Waals surface area contributed by atoms with Crippen molar-refractivity contribution in [3.8, 4) is 0 Å². The largest absolute Gasteiger partial charge is 0.507 e. The van der Waals surface area contributed by atoms with Crippen molar-refractivity contribution in [1.29, 1.82) is 0 Å². The molecule has 34 heavy (non-hydrogen) atoms. The third-order valence-corrected chi connectivity index (χ3v) is 6.38. The second-order valence-corrected chi connectivity index (χ2v) is 8.60. The fraction of sp³-hybridized carbons (Fsp3) is 0.111. The van der Waals surface area contributed by atoms with E-state index in [1.54, 1.807) is 42.6 Å². The highest BCUT2D eigenvalue weighted by Gasteiger charge is 2.46. The number of aromatic nitrogens is 1. The predicted octanol–water partition coefficient (Wildman–Crippen LogP) is 5.62. The Morgan fingerprint density at radius 1 is 1.00 bits per heavy atom. The van der Waals surface area contributed by atoms with Gasteiger partial charge in [-0.3, -0.25) is 9.59 Å². The van der Waals surface area contributed by atoms with Gasteiger partial charge in [0, 0.05) is 34.2 Å². The molecular formula is C27H20ClFN2O3. The molecule has 1 fully saturated rings. The van der Waals surface area contributed by atoms with Crippen LogP contribution >= 0.6 is 11.6 Å². The molecule has 0 saturated carbocycles. The van der Waals surface area contributed by atoms with Crippen LogP contribution in [0.15, 0.2) is 84.6 Å². The van der Waals surface area contributed by atoms with E-state index in [1.165, 1.54) is 17.0 Å². The summed E-state index contributed by atoms with van der Waals surface area (Å²) in [4.78, 5) is 30.9. The number of hydrogen-bond acceptors (Lipinski definition) is 3. The summed E-state index contributed by atoms with van der Waals surface area (Å²) in [5, 5.41) is 12.6. The smallest absolute Gasteiger partial charge is 0.295 e. The van der Waals surface area contributed by atoms with E-state index in [9.17, 15) is 19.1 Å². The summed E-state index contributed by atoms with van der Waals surface area (Å²) in [6.07, 6.45) is 2.05. The molecule has 2 N–H and O–H groups in total. The Labute approximate surface area is 200 Å². The number of likely N-dealkylation sites (tertiary alicyclic amines) is 1. The molecular weight excluding hydrogens is 455 g/mol. The molecule has 5 nitrogen and oxygen atoms in total. The summed E-state index contributed by atoms with van der Waals surface area (Å²) < 4.78 is 13.3. The molecule has 1 amide bonds. The van der Waals surface area contributed by atoms with Gasteiger partial charge in [-0.05, 0) is 47.9 Å². The number of nitrogens with zero attached hydrogens (tertiary/aromatic N) is 1. The number of nitrogens with one attached hydrogen (secondary N) is 1. The Bertz CT molecular complexity index is 1420. The van der Waals surface area contributed by atoms with Crippen molar-refractivity contribution >= 4 is 40.0 Å². The third-order valence-electron chi connectivity index (χ3n) is 6.12. The molecule has 1 saturated heterocycles. The molecule has 0 aliphatic carbocycles. The number of amides is 1. The van der Waals surface area contributed by atoms with Gasteiger partial charge in [0.1, 0.15) is 11.6 Å². The van der Waals surface area contributed by atoms with E-state index in [1.807, 2.05) is 24.3 Å². The normalized spacial score (nSPS) is 17.6. The van der Waals surface area contributed by atoms with Crippen molar-refractivity contribution in [3.05, 3.63) is 112 Å². The first-order valence-corrected chi connectivity index (χ1v) is 11.2. The molecule has 3 aromatic carbocycles. The highest BCUT2D eigenvalue weighted by Crippen LogP contribution is 2.40. The molecule has 1 aromatic heterocycles. The fourth-order valence-electron chi connectivity index (χ4n) is 4.42. The first kappa shape index (κ1) is 21.9. The summed E-state index contributed by atoms with van der Waals surface area (Å²) in [6.45, 7) is 0.216. The number of aromatic amines is 1. The van der Waals surface area contributed by atoms with Crippen LogP contribution in [0.1, 0.15) is 22.7 Å². The van der Waals surface area contributed by atoms with E-state index >= 15 is 0 Å². The minimum atomic E-state index is -0.786. The zero-order chi connectivity index (χ0) is 23.8. The van der Waals surface area contributed by atoms with Crippen LogP contribution in [0.25, 0.3) is 16.7 Å². The highest BCUT2D eigenvalue weighted by molar-refractivity contribution is 6.46. The maximum atomic E-state index is 13.3. The maximum Gasteiger partial charge on any atom is 0.295 e. The molecule has 1 aliphatic heterocycles. The zero-order valence-corrected chi connectivity index (χ0v) is 18.7.